The Morgan fingerprint density at radius 1 is 1.44 bits per heavy atom. The maximum Gasteiger partial charge on any atom is 0.338 e. The SMILES string of the molecule is COC(=O)c1cc(C)c2c(c1C)CCCN2. The normalized spacial score (nSPS) is 13.9. The van der Waals surface area contributed by atoms with Gasteiger partial charge in [-0.05, 0) is 49.4 Å². The molecular formula is C13H17NO2. The minimum absolute atomic E-state index is 0.242. The lowest BCUT2D eigenvalue weighted by atomic mass is 9.91. The fourth-order valence-corrected chi connectivity index (χ4v) is 2.34. The standard InChI is InChI=1S/C13H17NO2/c1-8-7-11(13(15)16-3)9(2)10-5-4-6-14-12(8)10/h7,14H,4-6H2,1-3H3. The number of fused-ring (bicyclic) bond motifs is 1. The minimum Gasteiger partial charge on any atom is -0.465 e. The van der Waals surface area contributed by atoms with Crippen molar-refractivity contribution < 1.29 is 9.53 Å². The van der Waals surface area contributed by atoms with Gasteiger partial charge >= 0.3 is 5.97 Å². The van der Waals surface area contributed by atoms with E-state index in [1.54, 1.807) is 0 Å². The minimum atomic E-state index is -0.242. The molecule has 16 heavy (non-hydrogen) atoms. The summed E-state index contributed by atoms with van der Waals surface area (Å²) >= 11 is 0. The first kappa shape index (κ1) is 11.0. The van der Waals surface area contributed by atoms with Crippen LogP contribution in [0.3, 0.4) is 0 Å². The zero-order valence-electron chi connectivity index (χ0n) is 10.0. The van der Waals surface area contributed by atoms with Crippen molar-refractivity contribution in [3.05, 3.63) is 28.3 Å². The van der Waals surface area contributed by atoms with Gasteiger partial charge in [-0.25, -0.2) is 4.79 Å². The van der Waals surface area contributed by atoms with Gasteiger partial charge in [0.1, 0.15) is 0 Å². The molecule has 0 bridgehead atoms. The van der Waals surface area contributed by atoms with E-state index in [1.807, 2.05) is 19.9 Å². The summed E-state index contributed by atoms with van der Waals surface area (Å²) in [5.41, 5.74) is 5.35. The first-order valence-corrected chi connectivity index (χ1v) is 5.60. The molecule has 0 saturated heterocycles. The Labute approximate surface area is 95.8 Å². The van der Waals surface area contributed by atoms with Gasteiger partial charge in [0, 0.05) is 12.2 Å². The zero-order valence-corrected chi connectivity index (χ0v) is 10.0. The van der Waals surface area contributed by atoms with Crippen LogP contribution >= 0.6 is 0 Å². The third kappa shape index (κ3) is 1.66. The maximum atomic E-state index is 11.6. The van der Waals surface area contributed by atoms with Gasteiger partial charge < -0.3 is 10.1 Å². The highest BCUT2D eigenvalue weighted by atomic mass is 16.5. The molecule has 0 saturated carbocycles. The van der Waals surface area contributed by atoms with Crippen molar-refractivity contribution in [3.8, 4) is 0 Å². The van der Waals surface area contributed by atoms with E-state index in [4.69, 9.17) is 4.74 Å². The molecule has 1 N–H and O–H groups in total. The van der Waals surface area contributed by atoms with Crippen molar-refractivity contribution in [2.24, 2.45) is 0 Å². The number of methoxy groups -OCH3 is 1. The third-order valence-corrected chi connectivity index (χ3v) is 3.22. The Morgan fingerprint density at radius 3 is 2.88 bits per heavy atom. The number of rotatable bonds is 1. The van der Waals surface area contributed by atoms with Crippen molar-refractivity contribution >= 4 is 11.7 Å². The fourth-order valence-electron chi connectivity index (χ4n) is 2.34. The van der Waals surface area contributed by atoms with E-state index in [1.165, 1.54) is 18.4 Å². The Morgan fingerprint density at radius 2 is 2.19 bits per heavy atom. The molecule has 1 aliphatic heterocycles. The lowest BCUT2D eigenvalue weighted by Crippen LogP contribution is -2.17. The molecule has 0 radical (unpaired) electrons. The first-order valence-electron chi connectivity index (χ1n) is 5.60. The van der Waals surface area contributed by atoms with Gasteiger partial charge in [-0.1, -0.05) is 0 Å². The summed E-state index contributed by atoms with van der Waals surface area (Å²) in [5, 5.41) is 3.40. The molecule has 0 spiro atoms. The molecule has 0 amide bonds. The highest BCUT2D eigenvalue weighted by molar-refractivity contribution is 5.93. The lowest BCUT2D eigenvalue weighted by Gasteiger charge is -2.23. The van der Waals surface area contributed by atoms with E-state index in [-0.39, 0.29) is 5.97 Å². The molecular weight excluding hydrogens is 202 g/mol. The molecule has 86 valence electrons. The van der Waals surface area contributed by atoms with E-state index in [0.29, 0.717) is 5.56 Å². The Bertz CT molecular complexity index is 438. The average molecular weight is 219 g/mol. The number of anilines is 1. The third-order valence-electron chi connectivity index (χ3n) is 3.22. The van der Waals surface area contributed by atoms with E-state index in [9.17, 15) is 4.79 Å². The highest BCUT2D eigenvalue weighted by Crippen LogP contribution is 2.31. The molecule has 2 rings (SSSR count). The van der Waals surface area contributed by atoms with E-state index in [2.05, 4.69) is 5.32 Å². The predicted molar refractivity (Wildman–Crippen MR) is 64.1 cm³/mol. The van der Waals surface area contributed by atoms with Crippen molar-refractivity contribution in [2.75, 3.05) is 19.0 Å². The van der Waals surface area contributed by atoms with Gasteiger partial charge in [0.2, 0.25) is 0 Å². The first-order chi connectivity index (χ1) is 7.65. The number of esters is 1. The molecule has 3 nitrogen and oxygen atoms in total. The molecule has 1 aliphatic rings. The summed E-state index contributed by atoms with van der Waals surface area (Å²) in [6.45, 7) is 5.05. The van der Waals surface area contributed by atoms with Gasteiger partial charge in [-0.15, -0.1) is 0 Å². The molecule has 0 unspecified atom stereocenters. The number of ether oxygens (including phenoxy) is 1. The summed E-state index contributed by atoms with van der Waals surface area (Å²) < 4.78 is 4.80. The summed E-state index contributed by atoms with van der Waals surface area (Å²) in [7, 11) is 1.43. The Balaban J connectivity index is 2.58. The van der Waals surface area contributed by atoms with Gasteiger partial charge in [0.15, 0.2) is 0 Å². The Kier molecular flexibility index (Phi) is 2.86. The average Bonchev–Trinajstić information content (AvgIpc) is 2.33. The van der Waals surface area contributed by atoms with Crippen LogP contribution in [0.5, 0.6) is 0 Å². The summed E-state index contributed by atoms with van der Waals surface area (Å²) in [4.78, 5) is 11.6. The second kappa shape index (κ2) is 4.16. The van der Waals surface area contributed by atoms with Crippen LogP contribution in [-0.2, 0) is 11.2 Å². The summed E-state index contributed by atoms with van der Waals surface area (Å²) in [6.07, 6.45) is 2.16. The van der Waals surface area contributed by atoms with E-state index >= 15 is 0 Å². The van der Waals surface area contributed by atoms with Crippen molar-refractivity contribution in [1.82, 2.24) is 0 Å². The number of carbonyl (C=O) groups excluding carboxylic acids is 1. The van der Waals surface area contributed by atoms with Crippen LogP contribution in [0.2, 0.25) is 0 Å². The molecule has 3 heteroatoms. The van der Waals surface area contributed by atoms with Gasteiger partial charge in [0.25, 0.3) is 0 Å². The van der Waals surface area contributed by atoms with Crippen LogP contribution < -0.4 is 5.32 Å². The maximum absolute atomic E-state index is 11.6. The number of benzene rings is 1. The number of nitrogens with one attached hydrogen (secondary N) is 1. The van der Waals surface area contributed by atoms with Crippen LogP contribution in [0.25, 0.3) is 0 Å². The smallest absolute Gasteiger partial charge is 0.338 e. The van der Waals surface area contributed by atoms with E-state index in [0.717, 1.165) is 30.5 Å². The topological polar surface area (TPSA) is 38.3 Å². The quantitative estimate of drug-likeness (QED) is 0.737. The molecule has 1 heterocycles. The number of hydrogen-bond acceptors (Lipinski definition) is 3. The van der Waals surface area contributed by atoms with Gasteiger partial charge in [-0.3, -0.25) is 0 Å². The Hall–Kier alpha value is -1.51. The van der Waals surface area contributed by atoms with Crippen LogP contribution in [0, 0.1) is 13.8 Å². The number of aryl methyl sites for hydroxylation is 1. The zero-order chi connectivity index (χ0) is 11.7. The molecule has 0 fully saturated rings. The van der Waals surface area contributed by atoms with Gasteiger partial charge in [-0.2, -0.15) is 0 Å². The molecule has 0 atom stereocenters. The summed E-state index contributed by atoms with van der Waals surface area (Å²) in [6, 6.07) is 1.92. The van der Waals surface area contributed by atoms with Crippen molar-refractivity contribution in [1.29, 1.82) is 0 Å². The number of hydrogen-bond donors (Lipinski definition) is 1. The largest absolute Gasteiger partial charge is 0.465 e. The molecule has 0 aliphatic carbocycles. The van der Waals surface area contributed by atoms with Crippen LogP contribution in [-0.4, -0.2) is 19.6 Å². The molecule has 1 aromatic rings. The number of carbonyl (C=O) groups is 1. The van der Waals surface area contributed by atoms with Gasteiger partial charge in [0.05, 0.1) is 12.7 Å². The van der Waals surface area contributed by atoms with Crippen molar-refractivity contribution in [2.45, 2.75) is 26.7 Å². The van der Waals surface area contributed by atoms with Crippen LogP contribution in [0.15, 0.2) is 6.07 Å². The van der Waals surface area contributed by atoms with Crippen LogP contribution in [0.4, 0.5) is 5.69 Å². The second-order valence-electron chi connectivity index (χ2n) is 4.24. The summed E-state index contributed by atoms with van der Waals surface area (Å²) in [5.74, 6) is -0.242. The van der Waals surface area contributed by atoms with E-state index < -0.39 is 0 Å². The van der Waals surface area contributed by atoms with Crippen LogP contribution in [0.1, 0.15) is 33.5 Å². The molecule has 0 aromatic heterocycles. The monoisotopic (exact) mass is 219 g/mol. The van der Waals surface area contributed by atoms with Crippen molar-refractivity contribution in [3.63, 3.8) is 0 Å². The molecule has 1 aromatic carbocycles. The fraction of sp³-hybridized carbons (Fsp3) is 0.462. The predicted octanol–water partition coefficient (Wildman–Crippen LogP) is 2.45. The highest BCUT2D eigenvalue weighted by Gasteiger charge is 2.19. The lowest BCUT2D eigenvalue weighted by molar-refractivity contribution is 0.0599. The second-order valence-corrected chi connectivity index (χ2v) is 4.24.